The number of carbonyl (C=O) groups is 1. The molecule has 3 N–H and O–H groups in total. The van der Waals surface area contributed by atoms with Crippen molar-refractivity contribution in [1.29, 1.82) is 5.26 Å². The third-order valence-corrected chi connectivity index (χ3v) is 2.74. The summed E-state index contributed by atoms with van der Waals surface area (Å²) in [5.41, 5.74) is 8.76. The first-order valence-electron chi connectivity index (χ1n) is 5.78. The van der Waals surface area contributed by atoms with Crippen LogP contribution in [0.5, 0.6) is 0 Å². The molecule has 0 atom stereocenters. The molecular formula is C15H13N3O. The van der Waals surface area contributed by atoms with Gasteiger partial charge in [-0.15, -0.1) is 0 Å². The summed E-state index contributed by atoms with van der Waals surface area (Å²) >= 11 is 0. The van der Waals surface area contributed by atoms with Crippen LogP contribution in [0.25, 0.3) is 0 Å². The highest BCUT2D eigenvalue weighted by Crippen LogP contribution is 2.16. The van der Waals surface area contributed by atoms with Gasteiger partial charge >= 0.3 is 0 Å². The zero-order valence-electron chi connectivity index (χ0n) is 10.5. The van der Waals surface area contributed by atoms with E-state index in [1.54, 1.807) is 42.5 Å². The summed E-state index contributed by atoms with van der Waals surface area (Å²) < 4.78 is 0. The second-order valence-corrected chi connectivity index (χ2v) is 4.22. The lowest BCUT2D eigenvalue weighted by molar-refractivity contribution is 0.102. The number of carbonyl (C=O) groups excluding carboxylic acids is 1. The van der Waals surface area contributed by atoms with Gasteiger partial charge in [0.05, 0.1) is 11.6 Å². The minimum Gasteiger partial charge on any atom is -0.399 e. The van der Waals surface area contributed by atoms with Gasteiger partial charge in [0, 0.05) is 16.9 Å². The molecule has 94 valence electrons. The van der Waals surface area contributed by atoms with Gasteiger partial charge in [-0.05, 0) is 48.9 Å². The molecule has 0 radical (unpaired) electrons. The van der Waals surface area contributed by atoms with E-state index in [4.69, 9.17) is 11.0 Å². The summed E-state index contributed by atoms with van der Waals surface area (Å²) in [4.78, 5) is 12.1. The Morgan fingerprint density at radius 2 is 2.05 bits per heavy atom. The zero-order valence-corrected chi connectivity index (χ0v) is 10.5. The largest absolute Gasteiger partial charge is 0.399 e. The normalized spacial score (nSPS) is 9.68. The van der Waals surface area contributed by atoms with Crippen LogP contribution in [0.1, 0.15) is 21.5 Å². The standard InChI is InChI=1S/C15H13N3O/c1-10-7-12(17)5-6-14(10)15(19)18-13-4-2-3-11(8-13)9-16/h2-8H,17H2,1H3,(H,18,19). The number of hydrogen-bond acceptors (Lipinski definition) is 3. The third kappa shape index (κ3) is 2.90. The van der Waals surface area contributed by atoms with Gasteiger partial charge in [-0.2, -0.15) is 5.26 Å². The van der Waals surface area contributed by atoms with Gasteiger partial charge in [0.15, 0.2) is 0 Å². The van der Waals surface area contributed by atoms with Crippen molar-refractivity contribution in [3.8, 4) is 6.07 Å². The number of aryl methyl sites for hydroxylation is 1. The lowest BCUT2D eigenvalue weighted by Crippen LogP contribution is -2.13. The quantitative estimate of drug-likeness (QED) is 0.805. The van der Waals surface area contributed by atoms with E-state index in [0.29, 0.717) is 22.5 Å². The Balaban J connectivity index is 2.23. The molecule has 0 aromatic heterocycles. The van der Waals surface area contributed by atoms with Crippen LogP contribution in [0.15, 0.2) is 42.5 Å². The average Bonchev–Trinajstić information content (AvgIpc) is 2.38. The van der Waals surface area contributed by atoms with Crippen molar-refractivity contribution < 1.29 is 4.79 Å². The molecule has 0 aliphatic carbocycles. The molecule has 0 bridgehead atoms. The predicted molar refractivity (Wildman–Crippen MR) is 74.7 cm³/mol. The van der Waals surface area contributed by atoms with Gasteiger partial charge in [0.25, 0.3) is 5.91 Å². The first-order chi connectivity index (χ1) is 9.10. The Kier molecular flexibility index (Phi) is 3.48. The van der Waals surface area contributed by atoms with E-state index in [1.165, 1.54) is 0 Å². The molecule has 4 nitrogen and oxygen atoms in total. The molecule has 2 rings (SSSR count). The molecular weight excluding hydrogens is 238 g/mol. The van der Waals surface area contributed by atoms with Crippen LogP contribution in [0.4, 0.5) is 11.4 Å². The summed E-state index contributed by atoms with van der Waals surface area (Å²) in [5, 5.41) is 11.6. The van der Waals surface area contributed by atoms with Gasteiger partial charge in [-0.25, -0.2) is 0 Å². The number of nitriles is 1. The van der Waals surface area contributed by atoms with E-state index in [9.17, 15) is 4.79 Å². The highest BCUT2D eigenvalue weighted by Gasteiger charge is 2.09. The summed E-state index contributed by atoms with van der Waals surface area (Å²) in [6.45, 7) is 1.83. The fourth-order valence-electron chi connectivity index (χ4n) is 1.81. The number of nitrogens with two attached hydrogens (primary N) is 1. The van der Waals surface area contributed by atoms with Crippen molar-refractivity contribution in [2.24, 2.45) is 0 Å². The van der Waals surface area contributed by atoms with Crippen LogP contribution in [0.2, 0.25) is 0 Å². The van der Waals surface area contributed by atoms with Gasteiger partial charge in [0.2, 0.25) is 0 Å². The SMILES string of the molecule is Cc1cc(N)ccc1C(=O)Nc1cccc(C#N)c1. The van der Waals surface area contributed by atoms with Crippen LogP contribution in [0.3, 0.4) is 0 Å². The third-order valence-electron chi connectivity index (χ3n) is 2.74. The van der Waals surface area contributed by atoms with Gasteiger partial charge in [-0.3, -0.25) is 4.79 Å². The average molecular weight is 251 g/mol. The molecule has 4 heteroatoms. The number of amides is 1. The molecule has 0 saturated heterocycles. The second-order valence-electron chi connectivity index (χ2n) is 4.22. The van der Waals surface area contributed by atoms with Crippen LogP contribution in [-0.4, -0.2) is 5.91 Å². The number of anilines is 2. The van der Waals surface area contributed by atoms with E-state index in [-0.39, 0.29) is 5.91 Å². The fraction of sp³-hybridized carbons (Fsp3) is 0.0667. The molecule has 0 unspecified atom stereocenters. The minimum absolute atomic E-state index is 0.215. The second kappa shape index (κ2) is 5.23. The number of rotatable bonds is 2. The van der Waals surface area contributed by atoms with Crippen molar-refractivity contribution >= 4 is 17.3 Å². The smallest absolute Gasteiger partial charge is 0.255 e. The molecule has 1 amide bonds. The Labute approximate surface area is 111 Å². The molecule has 2 aromatic rings. The molecule has 0 saturated carbocycles. The first kappa shape index (κ1) is 12.7. The molecule has 0 aliphatic heterocycles. The van der Waals surface area contributed by atoms with Crippen molar-refractivity contribution in [2.75, 3.05) is 11.1 Å². The Morgan fingerprint density at radius 3 is 2.74 bits per heavy atom. The van der Waals surface area contributed by atoms with E-state index in [0.717, 1.165) is 5.56 Å². The molecule has 19 heavy (non-hydrogen) atoms. The van der Waals surface area contributed by atoms with Gasteiger partial charge < -0.3 is 11.1 Å². The predicted octanol–water partition coefficient (Wildman–Crippen LogP) is 2.70. The fourth-order valence-corrected chi connectivity index (χ4v) is 1.81. The van der Waals surface area contributed by atoms with Crippen LogP contribution in [-0.2, 0) is 0 Å². The zero-order chi connectivity index (χ0) is 13.8. The van der Waals surface area contributed by atoms with E-state index >= 15 is 0 Å². The van der Waals surface area contributed by atoms with Crippen molar-refractivity contribution in [1.82, 2.24) is 0 Å². The highest BCUT2D eigenvalue weighted by molar-refractivity contribution is 6.05. The monoisotopic (exact) mass is 251 g/mol. The van der Waals surface area contributed by atoms with Crippen molar-refractivity contribution in [3.63, 3.8) is 0 Å². The van der Waals surface area contributed by atoms with Crippen LogP contribution >= 0.6 is 0 Å². The van der Waals surface area contributed by atoms with E-state index in [1.807, 2.05) is 13.0 Å². The maximum Gasteiger partial charge on any atom is 0.255 e. The number of nitrogen functional groups attached to an aromatic ring is 1. The number of hydrogen-bond donors (Lipinski definition) is 2. The number of nitrogens with zero attached hydrogens (tertiary/aromatic N) is 1. The summed E-state index contributed by atoms with van der Waals surface area (Å²) in [6, 6.07) is 13.9. The lowest BCUT2D eigenvalue weighted by atomic mass is 10.1. The van der Waals surface area contributed by atoms with Gasteiger partial charge in [-0.1, -0.05) is 6.07 Å². The minimum atomic E-state index is -0.215. The number of nitrogens with one attached hydrogen (secondary N) is 1. The number of benzene rings is 2. The van der Waals surface area contributed by atoms with Crippen LogP contribution < -0.4 is 11.1 Å². The van der Waals surface area contributed by atoms with E-state index in [2.05, 4.69) is 5.32 Å². The molecule has 0 spiro atoms. The molecule has 0 fully saturated rings. The summed E-state index contributed by atoms with van der Waals surface area (Å²) in [5.74, 6) is -0.215. The van der Waals surface area contributed by atoms with Crippen molar-refractivity contribution in [2.45, 2.75) is 6.92 Å². The highest BCUT2D eigenvalue weighted by atomic mass is 16.1. The topological polar surface area (TPSA) is 78.9 Å². The molecule has 2 aromatic carbocycles. The Bertz CT molecular complexity index is 671. The van der Waals surface area contributed by atoms with Crippen molar-refractivity contribution in [3.05, 3.63) is 59.2 Å². The first-order valence-corrected chi connectivity index (χ1v) is 5.78. The van der Waals surface area contributed by atoms with Gasteiger partial charge in [0.1, 0.15) is 0 Å². The Morgan fingerprint density at radius 1 is 1.26 bits per heavy atom. The molecule has 0 aliphatic rings. The molecule has 0 heterocycles. The maximum absolute atomic E-state index is 12.1. The summed E-state index contributed by atoms with van der Waals surface area (Å²) in [7, 11) is 0. The summed E-state index contributed by atoms with van der Waals surface area (Å²) in [6.07, 6.45) is 0. The van der Waals surface area contributed by atoms with Crippen LogP contribution in [0, 0.1) is 18.3 Å². The van der Waals surface area contributed by atoms with E-state index < -0.39 is 0 Å². The maximum atomic E-state index is 12.1. The lowest BCUT2D eigenvalue weighted by Gasteiger charge is -2.08. The Hall–Kier alpha value is -2.80.